The first kappa shape index (κ1) is 17.8. The van der Waals surface area contributed by atoms with E-state index in [0.717, 1.165) is 22.6 Å². The maximum Gasteiger partial charge on any atom is 0.171 e. The van der Waals surface area contributed by atoms with Gasteiger partial charge in [0.25, 0.3) is 0 Å². The first-order valence-corrected chi connectivity index (χ1v) is 8.23. The van der Waals surface area contributed by atoms with Crippen molar-refractivity contribution in [2.45, 2.75) is 20.4 Å². The predicted molar refractivity (Wildman–Crippen MR) is 102 cm³/mol. The van der Waals surface area contributed by atoms with E-state index in [2.05, 4.69) is 22.3 Å². The number of rotatable bonds is 5. The molecule has 0 spiro atoms. The summed E-state index contributed by atoms with van der Waals surface area (Å²) in [6, 6.07) is 5.47. The largest absolute Gasteiger partial charge is 0.359 e. The molecule has 2 N–H and O–H groups in total. The normalized spacial score (nSPS) is 10.4. The van der Waals surface area contributed by atoms with Crippen molar-refractivity contribution in [1.82, 2.24) is 15.1 Å². The summed E-state index contributed by atoms with van der Waals surface area (Å²) in [6.45, 7) is 8.66. The minimum absolute atomic E-state index is 0.500. The first-order chi connectivity index (χ1) is 10.9. The van der Waals surface area contributed by atoms with Gasteiger partial charge in [0.2, 0.25) is 0 Å². The van der Waals surface area contributed by atoms with Crippen molar-refractivity contribution < 1.29 is 0 Å². The topological polar surface area (TPSA) is 41.9 Å². The smallest absolute Gasteiger partial charge is 0.171 e. The van der Waals surface area contributed by atoms with Crippen molar-refractivity contribution >= 4 is 46.2 Å². The van der Waals surface area contributed by atoms with Crippen LogP contribution in [0.15, 0.2) is 30.9 Å². The van der Waals surface area contributed by atoms with Crippen LogP contribution in [0.1, 0.15) is 17.0 Å². The molecule has 2 rings (SSSR count). The molecule has 0 saturated carbocycles. The number of halogens is 2. The molecule has 0 atom stereocenters. The van der Waals surface area contributed by atoms with E-state index >= 15 is 0 Å². The van der Waals surface area contributed by atoms with E-state index in [1.54, 1.807) is 6.08 Å². The van der Waals surface area contributed by atoms with Crippen LogP contribution in [0.3, 0.4) is 0 Å². The molecule has 2 aromatic rings. The third-order valence-electron chi connectivity index (χ3n) is 3.40. The van der Waals surface area contributed by atoms with E-state index in [1.807, 2.05) is 36.7 Å². The Morgan fingerprint density at radius 1 is 1.35 bits per heavy atom. The lowest BCUT2D eigenvalue weighted by Crippen LogP contribution is -2.28. The molecule has 0 aliphatic heterocycles. The molecule has 4 nitrogen and oxygen atoms in total. The van der Waals surface area contributed by atoms with Crippen molar-refractivity contribution in [1.29, 1.82) is 0 Å². The van der Waals surface area contributed by atoms with Gasteiger partial charge >= 0.3 is 0 Å². The molecule has 0 aliphatic carbocycles. The second-order valence-electron chi connectivity index (χ2n) is 5.03. The summed E-state index contributed by atoms with van der Waals surface area (Å²) in [5.74, 6) is 0. The molecule has 7 heteroatoms. The fourth-order valence-electron chi connectivity index (χ4n) is 2.19. The number of hydrogen-bond donors (Lipinski definition) is 2. The van der Waals surface area contributed by atoms with Crippen LogP contribution in [-0.2, 0) is 6.54 Å². The third kappa shape index (κ3) is 4.25. The van der Waals surface area contributed by atoms with Crippen LogP contribution in [0.2, 0.25) is 10.0 Å². The second-order valence-corrected chi connectivity index (χ2v) is 6.25. The van der Waals surface area contributed by atoms with E-state index in [0.29, 0.717) is 28.2 Å². The molecule has 0 fully saturated rings. The van der Waals surface area contributed by atoms with Gasteiger partial charge in [-0.2, -0.15) is 5.10 Å². The first-order valence-electron chi connectivity index (χ1n) is 7.06. The van der Waals surface area contributed by atoms with Crippen molar-refractivity contribution in [2.24, 2.45) is 0 Å². The van der Waals surface area contributed by atoms with E-state index in [9.17, 15) is 0 Å². The standard InChI is InChI=1S/C16H18Cl2N4S/c1-4-8-19-16(23)20-15-10(2)21-22(11(15)3)9-12-13(17)6-5-7-14(12)18/h4-7H,1,8-9H2,2-3H3,(H2,19,20,23). The monoisotopic (exact) mass is 368 g/mol. The summed E-state index contributed by atoms with van der Waals surface area (Å²) in [5, 5.41) is 12.5. The summed E-state index contributed by atoms with van der Waals surface area (Å²) in [4.78, 5) is 0. The molecular weight excluding hydrogens is 351 g/mol. The lowest BCUT2D eigenvalue weighted by Gasteiger charge is -2.11. The zero-order chi connectivity index (χ0) is 17.0. The Kier molecular flexibility index (Phi) is 6.04. The number of aromatic nitrogens is 2. The summed E-state index contributed by atoms with van der Waals surface area (Å²) in [5.41, 5.74) is 3.55. The number of anilines is 1. The molecule has 1 heterocycles. The number of aryl methyl sites for hydroxylation is 1. The van der Waals surface area contributed by atoms with Crippen LogP contribution in [-0.4, -0.2) is 21.4 Å². The zero-order valence-corrected chi connectivity index (χ0v) is 15.3. The zero-order valence-electron chi connectivity index (χ0n) is 13.0. The molecular formula is C16H18Cl2N4S. The Balaban J connectivity index is 2.24. The van der Waals surface area contributed by atoms with Crippen LogP contribution in [0, 0.1) is 13.8 Å². The number of nitrogens with zero attached hydrogens (tertiary/aromatic N) is 2. The number of hydrogen-bond acceptors (Lipinski definition) is 2. The highest BCUT2D eigenvalue weighted by Gasteiger charge is 2.15. The van der Waals surface area contributed by atoms with E-state index < -0.39 is 0 Å². The number of thiocarbonyl (C=S) groups is 1. The Morgan fingerprint density at radius 3 is 2.61 bits per heavy atom. The van der Waals surface area contributed by atoms with Gasteiger partial charge in [-0.3, -0.25) is 4.68 Å². The fourth-order valence-corrected chi connectivity index (χ4v) is 2.89. The Morgan fingerprint density at radius 2 is 2.00 bits per heavy atom. The number of nitrogens with one attached hydrogen (secondary N) is 2. The van der Waals surface area contributed by atoms with E-state index in [4.69, 9.17) is 35.4 Å². The molecule has 0 radical (unpaired) electrons. The minimum atomic E-state index is 0.500. The van der Waals surface area contributed by atoms with Gasteiger partial charge < -0.3 is 10.6 Å². The molecule has 23 heavy (non-hydrogen) atoms. The van der Waals surface area contributed by atoms with Gasteiger partial charge in [-0.15, -0.1) is 6.58 Å². The summed E-state index contributed by atoms with van der Waals surface area (Å²) in [6.07, 6.45) is 1.75. The molecule has 0 aliphatic rings. The quantitative estimate of drug-likeness (QED) is 0.608. The highest BCUT2D eigenvalue weighted by molar-refractivity contribution is 7.80. The van der Waals surface area contributed by atoms with Crippen LogP contribution in [0.5, 0.6) is 0 Å². The summed E-state index contributed by atoms with van der Waals surface area (Å²) >= 11 is 17.7. The summed E-state index contributed by atoms with van der Waals surface area (Å²) < 4.78 is 1.86. The minimum Gasteiger partial charge on any atom is -0.359 e. The maximum absolute atomic E-state index is 6.24. The van der Waals surface area contributed by atoms with Crippen LogP contribution in [0.4, 0.5) is 5.69 Å². The van der Waals surface area contributed by atoms with Crippen molar-refractivity contribution in [3.8, 4) is 0 Å². The van der Waals surface area contributed by atoms with Gasteiger partial charge in [-0.25, -0.2) is 0 Å². The van der Waals surface area contributed by atoms with Gasteiger partial charge in [0, 0.05) is 22.2 Å². The average molecular weight is 369 g/mol. The van der Waals surface area contributed by atoms with Crippen molar-refractivity contribution in [2.75, 3.05) is 11.9 Å². The van der Waals surface area contributed by atoms with E-state index in [1.165, 1.54) is 0 Å². The predicted octanol–water partition coefficient (Wildman–Crippen LogP) is 4.33. The Hall–Kier alpha value is -1.56. The highest BCUT2D eigenvalue weighted by Crippen LogP contribution is 2.27. The highest BCUT2D eigenvalue weighted by atomic mass is 35.5. The fraction of sp³-hybridized carbons (Fsp3) is 0.250. The molecule has 0 amide bonds. The van der Waals surface area contributed by atoms with Crippen LogP contribution >= 0.6 is 35.4 Å². The van der Waals surface area contributed by atoms with Crippen molar-refractivity contribution in [3.05, 3.63) is 57.9 Å². The lowest BCUT2D eigenvalue weighted by atomic mass is 10.2. The summed E-state index contributed by atoms with van der Waals surface area (Å²) in [7, 11) is 0. The maximum atomic E-state index is 6.24. The average Bonchev–Trinajstić information content (AvgIpc) is 2.76. The Labute approximate surface area is 151 Å². The van der Waals surface area contributed by atoms with Crippen LogP contribution < -0.4 is 10.6 Å². The van der Waals surface area contributed by atoms with Crippen molar-refractivity contribution in [3.63, 3.8) is 0 Å². The molecule has 0 bridgehead atoms. The molecule has 1 aromatic carbocycles. The van der Waals surface area contributed by atoms with Gasteiger partial charge in [0.15, 0.2) is 5.11 Å². The SMILES string of the molecule is C=CCNC(=S)Nc1c(C)nn(Cc2c(Cl)cccc2Cl)c1C. The lowest BCUT2D eigenvalue weighted by molar-refractivity contribution is 0.659. The third-order valence-corrected chi connectivity index (χ3v) is 4.35. The van der Waals surface area contributed by atoms with E-state index in [-0.39, 0.29) is 0 Å². The molecule has 0 unspecified atom stereocenters. The second kappa shape index (κ2) is 7.81. The van der Waals surface area contributed by atoms with Gasteiger partial charge in [-0.05, 0) is 38.2 Å². The Bertz CT molecular complexity index is 720. The molecule has 122 valence electrons. The van der Waals surface area contributed by atoms with Gasteiger partial charge in [-0.1, -0.05) is 35.3 Å². The van der Waals surface area contributed by atoms with Crippen LogP contribution in [0.25, 0.3) is 0 Å². The van der Waals surface area contributed by atoms with Gasteiger partial charge in [0.1, 0.15) is 0 Å². The number of benzene rings is 1. The molecule has 1 aromatic heterocycles. The van der Waals surface area contributed by atoms with Gasteiger partial charge in [0.05, 0.1) is 23.6 Å². The molecule has 0 saturated heterocycles.